The first-order chi connectivity index (χ1) is 17.1. The smallest absolute Gasteiger partial charge is 0.342 e. The minimum Gasteiger partial charge on any atom is -0.493 e. The summed E-state index contributed by atoms with van der Waals surface area (Å²) < 4.78 is 17.2. The molecule has 4 aromatic carbocycles. The summed E-state index contributed by atoms with van der Waals surface area (Å²) in [5, 5.41) is 12.3. The normalized spacial score (nSPS) is 11.6. The lowest BCUT2D eigenvalue weighted by Crippen LogP contribution is -1.99. The second kappa shape index (κ2) is 9.95. The summed E-state index contributed by atoms with van der Waals surface area (Å²) in [5.74, 6) is 0.00385. The number of ether oxygens (including phenoxy) is 2. The molecular weight excluding hydrogens is 462 g/mol. The molecule has 0 bridgehead atoms. The van der Waals surface area contributed by atoms with Crippen LogP contribution in [0.3, 0.4) is 0 Å². The number of fused-ring (bicyclic) bond motifs is 2. The van der Waals surface area contributed by atoms with Gasteiger partial charge in [0.15, 0.2) is 17.1 Å². The zero-order valence-electron chi connectivity index (χ0n) is 18.8. The Morgan fingerprint density at radius 3 is 2.63 bits per heavy atom. The molecule has 5 rings (SSSR count). The number of para-hydroxylation sites is 2. The van der Waals surface area contributed by atoms with Gasteiger partial charge in [-0.05, 0) is 64.0 Å². The van der Waals surface area contributed by atoms with Crippen LogP contribution in [0.2, 0.25) is 0 Å². The molecule has 0 unspecified atom stereocenters. The average Bonchev–Trinajstić information content (AvgIpc) is 3.30. The number of rotatable bonds is 8. The fourth-order valence-electron chi connectivity index (χ4n) is 3.74. The monoisotopic (exact) mass is 483 g/mol. The number of hydrogen-bond donors (Lipinski definition) is 1. The first-order valence-corrected chi connectivity index (χ1v) is 11.7. The van der Waals surface area contributed by atoms with Crippen molar-refractivity contribution in [1.29, 1.82) is 0 Å². The molecule has 0 amide bonds. The lowest BCUT2D eigenvalue weighted by Gasteiger charge is -2.13. The van der Waals surface area contributed by atoms with E-state index in [-0.39, 0.29) is 10.1 Å². The molecule has 1 aromatic heterocycles. The SMILES string of the molecule is COc1cc(/C=C(\Sc2nc3ccccc3o2)C(=O)O)ccc1OCc1cccc2ccccc12. The van der Waals surface area contributed by atoms with Crippen molar-refractivity contribution in [2.24, 2.45) is 0 Å². The Hall–Kier alpha value is -4.23. The Kier molecular flexibility index (Phi) is 6.41. The van der Waals surface area contributed by atoms with Crippen LogP contribution in [0.5, 0.6) is 11.5 Å². The molecule has 0 aliphatic rings. The van der Waals surface area contributed by atoms with Crippen molar-refractivity contribution >= 4 is 45.7 Å². The van der Waals surface area contributed by atoms with Gasteiger partial charge in [-0.3, -0.25) is 0 Å². The van der Waals surface area contributed by atoms with Crippen LogP contribution >= 0.6 is 11.8 Å². The van der Waals surface area contributed by atoms with E-state index in [4.69, 9.17) is 13.9 Å². The Bertz CT molecular complexity index is 1520. The van der Waals surface area contributed by atoms with Gasteiger partial charge in [-0.1, -0.05) is 60.7 Å². The molecule has 0 aliphatic carbocycles. The van der Waals surface area contributed by atoms with Crippen molar-refractivity contribution < 1.29 is 23.8 Å². The molecule has 0 fully saturated rings. The van der Waals surface area contributed by atoms with Crippen molar-refractivity contribution in [1.82, 2.24) is 4.98 Å². The molecule has 1 heterocycles. The van der Waals surface area contributed by atoms with Gasteiger partial charge in [-0.25, -0.2) is 9.78 Å². The lowest BCUT2D eigenvalue weighted by atomic mass is 10.1. The number of carboxylic acids is 1. The highest BCUT2D eigenvalue weighted by Gasteiger charge is 2.16. The van der Waals surface area contributed by atoms with Crippen molar-refractivity contribution in [3.63, 3.8) is 0 Å². The Morgan fingerprint density at radius 2 is 1.80 bits per heavy atom. The summed E-state index contributed by atoms with van der Waals surface area (Å²) in [7, 11) is 1.55. The van der Waals surface area contributed by atoms with Crippen LogP contribution in [-0.2, 0) is 11.4 Å². The topological polar surface area (TPSA) is 81.8 Å². The van der Waals surface area contributed by atoms with Gasteiger partial charge in [-0.15, -0.1) is 0 Å². The third-order valence-electron chi connectivity index (χ3n) is 5.43. The van der Waals surface area contributed by atoms with E-state index in [2.05, 4.69) is 23.2 Å². The predicted octanol–water partition coefficient (Wildman–Crippen LogP) is 6.79. The third-order valence-corrected chi connectivity index (χ3v) is 6.29. The van der Waals surface area contributed by atoms with Crippen LogP contribution in [0.25, 0.3) is 27.9 Å². The van der Waals surface area contributed by atoms with E-state index >= 15 is 0 Å². The van der Waals surface area contributed by atoms with Gasteiger partial charge < -0.3 is 19.0 Å². The molecule has 0 aliphatic heterocycles. The van der Waals surface area contributed by atoms with Crippen molar-refractivity contribution in [2.75, 3.05) is 7.11 Å². The van der Waals surface area contributed by atoms with Gasteiger partial charge in [0.1, 0.15) is 17.0 Å². The summed E-state index contributed by atoms with van der Waals surface area (Å²) in [4.78, 5) is 16.3. The summed E-state index contributed by atoms with van der Waals surface area (Å²) in [6, 6.07) is 26.9. The first-order valence-electron chi connectivity index (χ1n) is 10.9. The summed E-state index contributed by atoms with van der Waals surface area (Å²) in [6.45, 7) is 0.376. The molecule has 35 heavy (non-hydrogen) atoms. The quantitative estimate of drug-likeness (QED) is 0.192. The third kappa shape index (κ3) is 5.00. The molecule has 0 atom stereocenters. The average molecular weight is 484 g/mol. The van der Waals surface area contributed by atoms with Gasteiger partial charge in [0.25, 0.3) is 5.22 Å². The van der Waals surface area contributed by atoms with Gasteiger partial charge >= 0.3 is 5.97 Å². The van der Waals surface area contributed by atoms with Crippen molar-refractivity contribution in [2.45, 2.75) is 11.8 Å². The Balaban J connectivity index is 1.37. The molecule has 1 N–H and O–H groups in total. The molecule has 6 nitrogen and oxygen atoms in total. The standard InChI is InChI=1S/C28H21NO5S/c1-32-25-15-18(16-26(27(30)31)35-28-29-22-11-4-5-12-23(22)34-28)13-14-24(25)33-17-20-9-6-8-19-7-2-3-10-21(19)20/h2-16H,17H2,1H3,(H,30,31)/b26-16-. The number of aromatic nitrogens is 1. The number of aliphatic carboxylic acids is 1. The Labute approximate surface area is 205 Å². The van der Waals surface area contributed by atoms with Crippen LogP contribution in [0.4, 0.5) is 0 Å². The second-order valence-electron chi connectivity index (χ2n) is 7.70. The van der Waals surface area contributed by atoms with Gasteiger partial charge in [0, 0.05) is 0 Å². The van der Waals surface area contributed by atoms with E-state index in [9.17, 15) is 9.90 Å². The number of benzene rings is 4. The van der Waals surface area contributed by atoms with Crippen molar-refractivity contribution in [3.05, 3.63) is 101 Å². The highest BCUT2D eigenvalue weighted by atomic mass is 32.2. The van der Waals surface area contributed by atoms with E-state index in [0.29, 0.717) is 34.8 Å². The maximum atomic E-state index is 11.9. The molecule has 0 radical (unpaired) electrons. The first kappa shape index (κ1) is 22.6. The number of thioether (sulfide) groups is 1. The summed E-state index contributed by atoms with van der Waals surface area (Å²) >= 11 is 0.955. The highest BCUT2D eigenvalue weighted by molar-refractivity contribution is 8.03. The largest absolute Gasteiger partial charge is 0.493 e. The molecule has 7 heteroatoms. The number of carboxylic acid groups (broad SMARTS) is 1. The molecule has 5 aromatic rings. The number of hydrogen-bond acceptors (Lipinski definition) is 6. The van der Waals surface area contributed by atoms with Crippen LogP contribution in [0.1, 0.15) is 11.1 Å². The van der Waals surface area contributed by atoms with Gasteiger partial charge in [-0.2, -0.15) is 0 Å². The zero-order valence-corrected chi connectivity index (χ0v) is 19.6. The fourth-order valence-corrected chi connectivity index (χ4v) is 4.49. The van der Waals surface area contributed by atoms with Crippen LogP contribution in [0, 0.1) is 0 Å². The lowest BCUT2D eigenvalue weighted by molar-refractivity contribution is -0.131. The van der Waals surface area contributed by atoms with E-state index in [1.54, 1.807) is 37.5 Å². The molecule has 0 spiro atoms. The number of methoxy groups -OCH3 is 1. The summed E-state index contributed by atoms with van der Waals surface area (Å²) in [6.07, 6.45) is 1.55. The van der Waals surface area contributed by atoms with Crippen LogP contribution < -0.4 is 9.47 Å². The predicted molar refractivity (Wildman–Crippen MR) is 137 cm³/mol. The fraction of sp³-hybridized carbons (Fsp3) is 0.0714. The Morgan fingerprint density at radius 1 is 1.00 bits per heavy atom. The molecular formula is C28H21NO5S. The number of oxazole rings is 1. The van der Waals surface area contributed by atoms with E-state index in [1.165, 1.54) is 0 Å². The zero-order chi connectivity index (χ0) is 24.2. The highest BCUT2D eigenvalue weighted by Crippen LogP contribution is 2.34. The van der Waals surface area contributed by atoms with Crippen molar-refractivity contribution in [3.8, 4) is 11.5 Å². The maximum Gasteiger partial charge on any atom is 0.342 e. The second-order valence-corrected chi connectivity index (χ2v) is 8.69. The minimum atomic E-state index is -1.08. The summed E-state index contributed by atoms with van der Waals surface area (Å²) in [5.41, 5.74) is 3.00. The molecule has 0 saturated carbocycles. The minimum absolute atomic E-state index is 0.0723. The van der Waals surface area contributed by atoms with Gasteiger partial charge in [0.2, 0.25) is 0 Å². The number of carbonyl (C=O) groups is 1. The van der Waals surface area contributed by atoms with E-state index in [0.717, 1.165) is 28.1 Å². The molecule has 174 valence electrons. The van der Waals surface area contributed by atoms with Crippen LogP contribution in [0.15, 0.2) is 99.5 Å². The van der Waals surface area contributed by atoms with E-state index < -0.39 is 5.97 Å². The van der Waals surface area contributed by atoms with Crippen LogP contribution in [-0.4, -0.2) is 23.2 Å². The number of nitrogens with zero attached hydrogens (tertiary/aromatic N) is 1. The molecule has 0 saturated heterocycles. The van der Waals surface area contributed by atoms with E-state index in [1.807, 2.05) is 42.5 Å². The maximum absolute atomic E-state index is 11.9. The van der Waals surface area contributed by atoms with Gasteiger partial charge in [0.05, 0.1) is 7.11 Å².